The first-order valence-electron chi connectivity index (χ1n) is 5.68. The lowest BCUT2D eigenvalue weighted by Crippen LogP contribution is -1.79. The minimum absolute atomic E-state index is 0.771. The number of imidazole rings is 1. The Bertz CT molecular complexity index is 811. The van der Waals surface area contributed by atoms with E-state index < -0.39 is 0 Å². The predicted molar refractivity (Wildman–Crippen MR) is 69.1 cm³/mol. The second-order valence-corrected chi connectivity index (χ2v) is 4.14. The summed E-state index contributed by atoms with van der Waals surface area (Å²) in [7, 11) is 0. The van der Waals surface area contributed by atoms with Gasteiger partial charge in [0.05, 0.1) is 11.0 Å². The molecule has 0 unspecified atom stereocenters. The van der Waals surface area contributed by atoms with Crippen molar-refractivity contribution in [2.45, 2.75) is 0 Å². The molecule has 0 spiro atoms. The fraction of sp³-hybridized carbons (Fsp3) is 0. The van der Waals surface area contributed by atoms with Crippen molar-refractivity contribution >= 4 is 22.1 Å². The van der Waals surface area contributed by atoms with Crippen molar-refractivity contribution in [3.05, 3.63) is 48.9 Å². The van der Waals surface area contributed by atoms with Crippen LogP contribution in [0.25, 0.3) is 33.5 Å². The molecule has 0 fully saturated rings. The molecular formula is C14H9N3O. The van der Waals surface area contributed by atoms with Crippen molar-refractivity contribution in [2.75, 3.05) is 0 Å². The predicted octanol–water partition coefficient (Wildman–Crippen LogP) is 3.37. The summed E-state index contributed by atoms with van der Waals surface area (Å²) in [6.45, 7) is 0. The largest absolute Gasteiger partial charge is 0.443 e. The van der Waals surface area contributed by atoms with Gasteiger partial charge in [-0.2, -0.15) is 0 Å². The zero-order chi connectivity index (χ0) is 11.9. The van der Waals surface area contributed by atoms with E-state index >= 15 is 0 Å². The van der Waals surface area contributed by atoms with E-state index in [-0.39, 0.29) is 0 Å². The Morgan fingerprint density at radius 3 is 2.89 bits per heavy atom. The van der Waals surface area contributed by atoms with Gasteiger partial charge in [-0.1, -0.05) is 12.1 Å². The zero-order valence-corrected chi connectivity index (χ0v) is 9.42. The number of hydrogen-bond acceptors (Lipinski definition) is 3. The first-order valence-corrected chi connectivity index (χ1v) is 5.68. The van der Waals surface area contributed by atoms with Gasteiger partial charge in [0.15, 0.2) is 12.0 Å². The van der Waals surface area contributed by atoms with Crippen molar-refractivity contribution in [1.82, 2.24) is 15.0 Å². The molecule has 4 nitrogen and oxygen atoms in total. The van der Waals surface area contributed by atoms with E-state index in [1.165, 1.54) is 6.39 Å². The average Bonchev–Trinajstić information content (AvgIpc) is 3.04. The van der Waals surface area contributed by atoms with Gasteiger partial charge in [-0.25, -0.2) is 9.97 Å². The van der Waals surface area contributed by atoms with Gasteiger partial charge in [0.1, 0.15) is 11.3 Å². The molecule has 0 bridgehead atoms. The van der Waals surface area contributed by atoms with E-state index in [9.17, 15) is 0 Å². The van der Waals surface area contributed by atoms with Crippen LogP contribution in [0.3, 0.4) is 0 Å². The average molecular weight is 235 g/mol. The Morgan fingerprint density at radius 2 is 1.94 bits per heavy atom. The summed E-state index contributed by atoms with van der Waals surface area (Å²) in [4.78, 5) is 12.0. The summed E-state index contributed by atoms with van der Waals surface area (Å²) in [6, 6.07) is 13.8. The number of rotatable bonds is 1. The number of hydrogen-bond donors (Lipinski definition) is 1. The molecule has 0 amide bonds. The van der Waals surface area contributed by atoms with Crippen LogP contribution in [0, 0.1) is 0 Å². The molecule has 86 valence electrons. The summed E-state index contributed by atoms with van der Waals surface area (Å²) in [5.74, 6) is 0.842. The third-order valence-corrected chi connectivity index (χ3v) is 2.99. The topological polar surface area (TPSA) is 54.7 Å². The molecule has 2 heterocycles. The molecule has 0 radical (unpaired) electrons. The fourth-order valence-electron chi connectivity index (χ4n) is 2.09. The van der Waals surface area contributed by atoms with Crippen LogP contribution >= 0.6 is 0 Å². The molecule has 4 rings (SSSR count). The van der Waals surface area contributed by atoms with E-state index in [2.05, 4.69) is 15.0 Å². The molecule has 1 N–H and O–H groups in total. The summed E-state index contributed by atoms with van der Waals surface area (Å²) >= 11 is 0. The molecule has 0 atom stereocenters. The molecular weight excluding hydrogens is 226 g/mol. The summed E-state index contributed by atoms with van der Waals surface area (Å²) in [6.07, 6.45) is 1.45. The van der Waals surface area contributed by atoms with Crippen LogP contribution in [-0.2, 0) is 0 Å². The van der Waals surface area contributed by atoms with Crippen LogP contribution in [-0.4, -0.2) is 15.0 Å². The van der Waals surface area contributed by atoms with Gasteiger partial charge in [-0.15, -0.1) is 0 Å². The second kappa shape index (κ2) is 3.43. The SMILES string of the molecule is c1ccc2[nH]c(-c3ccc4ncoc4c3)nc2c1. The highest BCUT2D eigenvalue weighted by molar-refractivity contribution is 5.82. The molecule has 0 saturated heterocycles. The van der Waals surface area contributed by atoms with E-state index in [1.807, 2.05) is 42.5 Å². The number of oxazole rings is 1. The standard InChI is InChI=1S/C14H9N3O/c1-2-4-11-10(3-1)16-14(17-11)9-5-6-12-13(7-9)18-8-15-12/h1-8H,(H,16,17). The molecule has 4 aromatic rings. The van der Waals surface area contributed by atoms with Crippen molar-refractivity contribution in [3.8, 4) is 11.4 Å². The number of H-pyrrole nitrogens is 1. The van der Waals surface area contributed by atoms with E-state index in [4.69, 9.17) is 4.42 Å². The molecule has 0 saturated carbocycles. The molecule has 2 aromatic carbocycles. The number of para-hydroxylation sites is 2. The van der Waals surface area contributed by atoms with Gasteiger partial charge in [-0.3, -0.25) is 0 Å². The smallest absolute Gasteiger partial charge is 0.181 e. The number of aromatic nitrogens is 3. The van der Waals surface area contributed by atoms with Gasteiger partial charge < -0.3 is 9.40 Å². The third kappa shape index (κ3) is 1.32. The maximum atomic E-state index is 5.30. The number of aromatic amines is 1. The Kier molecular flexibility index (Phi) is 1.80. The van der Waals surface area contributed by atoms with Gasteiger partial charge in [0.2, 0.25) is 0 Å². The Hall–Kier alpha value is -2.62. The van der Waals surface area contributed by atoms with E-state index in [1.54, 1.807) is 0 Å². The molecule has 0 aliphatic rings. The maximum absolute atomic E-state index is 5.30. The zero-order valence-electron chi connectivity index (χ0n) is 9.42. The first-order chi connectivity index (χ1) is 8.90. The van der Waals surface area contributed by atoms with Crippen LogP contribution < -0.4 is 0 Å². The third-order valence-electron chi connectivity index (χ3n) is 2.99. The summed E-state index contributed by atoms with van der Waals surface area (Å²) in [5.41, 5.74) is 4.62. The van der Waals surface area contributed by atoms with Gasteiger partial charge in [-0.05, 0) is 30.3 Å². The van der Waals surface area contributed by atoms with Crippen LogP contribution in [0.4, 0.5) is 0 Å². The highest BCUT2D eigenvalue weighted by Crippen LogP contribution is 2.23. The molecule has 4 heteroatoms. The number of nitrogens with one attached hydrogen (secondary N) is 1. The number of fused-ring (bicyclic) bond motifs is 2. The minimum Gasteiger partial charge on any atom is -0.443 e. The van der Waals surface area contributed by atoms with Gasteiger partial charge in [0, 0.05) is 5.56 Å². The quantitative estimate of drug-likeness (QED) is 0.550. The lowest BCUT2D eigenvalue weighted by Gasteiger charge is -1.95. The van der Waals surface area contributed by atoms with Gasteiger partial charge in [0.25, 0.3) is 0 Å². The Labute approximate surface area is 102 Å². The van der Waals surface area contributed by atoms with Crippen LogP contribution in [0.5, 0.6) is 0 Å². The van der Waals surface area contributed by atoms with Crippen molar-refractivity contribution < 1.29 is 4.42 Å². The van der Waals surface area contributed by atoms with Crippen LogP contribution in [0.2, 0.25) is 0 Å². The number of benzene rings is 2. The summed E-state index contributed by atoms with van der Waals surface area (Å²) < 4.78 is 5.30. The number of nitrogens with zero attached hydrogens (tertiary/aromatic N) is 2. The van der Waals surface area contributed by atoms with Gasteiger partial charge >= 0.3 is 0 Å². The van der Waals surface area contributed by atoms with Crippen LogP contribution in [0.1, 0.15) is 0 Å². The van der Waals surface area contributed by atoms with Crippen molar-refractivity contribution in [2.24, 2.45) is 0 Å². The lowest BCUT2D eigenvalue weighted by molar-refractivity contribution is 0.602. The highest BCUT2D eigenvalue weighted by atomic mass is 16.3. The Morgan fingerprint density at radius 1 is 1.00 bits per heavy atom. The fourth-order valence-corrected chi connectivity index (χ4v) is 2.09. The maximum Gasteiger partial charge on any atom is 0.181 e. The molecule has 0 aliphatic heterocycles. The van der Waals surface area contributed by atoms with Crippen molar-refractivity contribution in [1.29, 1.82) is 0 Å². The summed E-state index contributed by atoms with van der Waals surface area (Å²) in [5, 5.41) is 0. The first kappa shape index (κ1) is 9.41. The van der Waals surface area contributed by atoms with E-state index in [0.29, 0.717) is 0 Å². The monoisotopic (exact) mass is 235 g/mol. The lowest BCUT2D eigenvalue weighted by atomic mass is 10.2. The highest BCUT2D eigenvalue weighted by Gasteiger charge is 2.07. The molecule has 2 aromatic heterocycles. The molecule has 0 aliphatic carbocycles. The second-order valence-electron chi connectivity index (χ2n) is 4.14. The molecule has 18 heavy (non-hydrogen) atoms. The Balaban J connectivity index is 1.94. The van der Waals surface area contributed by atoms with Crippen LogP contribution in [0.15, 0.2) is 53.3 Å². The van der Waals surface area contributed by atoms with Crippen molar-refractivity contribution in [3.63, 3.8) is 0 Å². The van der Waals surface area contributed by atoms with E-state index in [0.717, 1.165) is 33.5 Å². The normalized spacial score (nSPS) is 11.3. The minimum atomic E-state index is 0.771.